The van der Waals surface area contributed by atoms with Gasteiger partial charge in [-0.05, 0) is 54.9 Å². The molecule has 2 amide bonds. The molecule has 0 radical (unpaired) electrons. The fraction of sp³-hybridized carbons (Fsp3) is 0.364. The third kappa shape index (κ3) is 5.58. The van der Waals surface area contributed by atoms with E-state index in [1.165, 1.54) is 5.56 Å². The lowest BCUT2D eigenvalue weighted by atomic mass is 9.90. The van der Waals surface area contributed by atoms with Crippen molar-refractivity contribution in [1.82, 2.24) is 10.2 Å². The molecular weight excluding hydrogens is 340 g/mol. The lowest BCUT2D eigenvalue weighted by Crippen LogP contribution is -2.45. The molecule has 1 heterocycles. The molecule has 5 heteroatoms. The van der Waals surface area contributed by atoms with Crippen LogP contribution in [-0.4, -0.2) is 41.6 Å². The van der Waals surface area contributed by atoms with Gasteiger partial charge in [-0.25, -0.2) is 9.59 Å². The third-order valence-corrected chi connectivity index (χ3v) is 5.16. The summed E-state index contributed by atoms with van der Waals surface area (Å²) in [5.41, 5.74) is 2.66. The van der Waals surface area contributed by atoms with Gasteiger partial charge in [-0.1, -0.05) is 42.5 Å². The molecule has 0 saturated carbocycles. The first-order valence-corrected chi connectivity index (χ1v) is 9.51. The predicted molar refractivity (Wildman–Crippen MR) is 105 cm³/mol. The van der Waals surface area contributed by atoms with Crippen LogP contribution < -0.4 is 5.32 Å². The Bertz CT molecular complexity index is 751. The van der Waals surface area contributed by atoms with Gasteiger partial charge in [-0.2, -0.15) is 0 Å². The van der Waals surface area contributed by atoms with Crippen molar-refractivity contribution in [2.24, 2.45) is 5.92 Å². The van der Waals surface area contributed by atoms with Crippen LogP contribution in [0, 0.1) is 5.92 Å². The number of carboxylic acids is 1. The van der Waals surface area contributed by atoms with Gasteiger partial charge in [0.2, 0.25) is 0 Å². The van der Waals surface area contributed by atoms with E-state index in [2.05, 4.69) is 29.6 Å². The molecule has 1 aliphatic rings. The molecule has 1 aliphatic heterocycles. The summed E-state index contributed by atoms with van der Waals surface area (Å²) in [6.07, 6.45) is 3.86. The van der Waals surface area contributed by atoms with Crippen molar-refractivity contribution in [3.05, 3.63) is 71.3 Å². The van der Waals surface area contributed by atoms with E-state index >= 15 is 0 Å². The number of benzene rings is 2. The van der Waals surface area contributed by atoms with Crippen LogP contribution in [0.2, 0.25) is 0 Å². The predicted octanol–water partition coefficient (Wildman–Crippen LogP) is 3.59. The number of hydrogen-bond acceptors (Lipinski definition) is 2. The van der Waals surface area contributed by atoms with Crippen molar-refractivity contribution >= 4 is 12.0 Å². The summed E-state index contributed by atoms with van der Waals surface area (Å²) in [6, 6.07) is 17.3. The minimum atomic E-state index is -0.925. The summed E-state index contributed by atoms with van der Waals surface area (Å²) in [4.78, 5) is 25.1. The van der Waals surface area contributed by atoms with Crippen LogP contribution in [0.1, 0.15) is 34.3 Å². The fourth-order valence-electron chi connectivity index (χ4n) is 3.53. The highest BCUT2D eigenvalue weighted by atomic mass is 16.4. The van der Waals surface area contributed by atoms with Crippen LogP contribution in [0.25, 0.3) is 0 Å². The minimum Gasteiger partial charge on any atom is -0.478 e. The van der Waals surface area contributed by atoms with Crippen molar-refractivity contribution in [2.45, 2.75) is 25.7 Å². The molecule has 0 aliphatic carbocycles. The molecule has 2 aromatic carbocycles. The molecule has 1 fully saturated rings. The average Bonchev–Trinajstić information content (AvgIpc) is 2.69. The molecule has 2 N–H and O–H groups in total. The van der Waals surface area contributed by atoms with Crippen LogP contribution in [0.3, 0.4) is 0 Å². The normalized spacial score (nSPS) is 14.7. The zero-order valence-corrected chi connectivity index (χ0v) is 15.4. The number of carbonyl (C=O) groups excluding carboxylic acids is 1. The number of nitrogens with one attached hydrogen (secondary N) is 1. The number of nitrogens with zero attached hydrogens (tertiary/aromatic N) is 1. The molecule has 0 spiro atoms. The van der Waals surface area contributed by atoms with Gasteiger partial charge in [-0.15, -0.1) is 0 Å². The molecule has 0 bridgehead atoms. The number of rotatable bonds is 6. The molecule has 0 unspecified atom stereocenters. The Hall–Kier alpha value is -2.82. The number of carboxylic acid groups (broad SMARTS) is 1. The monoisotopic (exact) mass is 366 g/mol. The summed E-state index contributed by atoms with van der Waals surface area (Å²) in [5.74, 6) is -0.283. The molecule has 142 valence electrons. The Morgan fingerprint density at radius 2 is 1.63 bits per heavy atom. The summed E-state index contributed by atoms with van der Waals surface area (Å²) < 4.78 is 0. The quantitative estimate of drug-likeness (QED) is 0.821. The highest BCUT2D eigenvalue weighted by Crippen LogP contribution is 2.21. The van der Waals surface area contributed by atoms with Crippen LogP contribution in [0.4, 0.5) is 4.79 Å². The zero-order valence-electron chi connectivity index (χ0n) is 15.4. The molecule has 0 aromatic heterocycles. The van der Waals surface area contributed by atoms with Gasteiger partial charge in [0.1, 0.15) is 0 Å². The lowest BCUT2D eigenvalue weighted by Gasteiger charge is -2.32. The van der Waals surface area contributed by atoms with Gasteiger partial charge in [0, 0.05) is 19.6 Å². The van der Waals surface area contributed by atoms with Crippen LogP contribution >= 0.6 is 0 Å². The maximum absolute atomic E-state index is 12.3. The number of amides is 2. The second-order valence-electron chi connectivity index (χ2n) is 7.10. The Balaban J connectivity index is 1.37. The molecule has 5 nitrogen and oxygen atoms in total. The van der Waals surface area contributed by atoms with E-state index in [-0.39, 0.29) is 11.6 Å². The Morgan fingerprint density at radius 1 is 0.963 bits per heavy atom. The van der Waals surface area contributed by atoms with Gasteiger partial charge >= 0.3 is 12.0 Å². The van der Waals surface area contributed by atoms with Crippen LogP contribution in [-0.2, 0) is 12.8 Å². The molecule has 2 aromatic rings. The fourth-order valence-corrected chi connectivity index (χ4v) is 3.53. The van der Waals surface area contributed by atoms with Crippen molar-refractivity contribution < 1.29 is 14.7 Å². The first-order valence-electron chi connectivity index (χ1n) is 9.51. The Labute approximate surface area is 160 Å². The smallest absolute Gasteiger partial charge is 0.335 e. The summed E-state index contributed by atoms with van der Waals surface area (Å²) in [6.45, 7) is 2.16. The maximum Gasteiger partial charge on any atom is 0.335 e. The van der Waals surface area contributed by atoms with E-state index in [1.807, 2.05) is 11.0 Å². The third-order valence-electron chi connectivity index (χ3n) is 5.16. The average molecular weight is 366 g/mol. The topological polar surface area (TPSA) is 69.6 Å². The molecule has 0 atom stereocenters. The Kier molecular flexibility index (Phi) is 6.47. The van der Waals surface area contributed by atoms with Crippen LogP contribution in [0.5, 0.6) is 0 Å². The highest BCUT2D eigenvalue weighted by Gasteiger charge is 2.22. The van der Waals surface area contributed by atoms with E-state index in [0.29, 0.717) is 18.9 Å². The Morgan fingerprint density at radius 3 is 2.26 bits per heavy atom. The van der Waals surface area contributed by atoms with Gasteiger partial charge in [0.05, 0.1) is 5.56 Å². The van der Waals surface area contributed by atoms with Gasteiger partial charge < -0.3 is 15.3 Å². The lowest BCUT2D eigenvalue weighted by molar-refractivity contribution is 0.0697. The molecule has 1 saturated heterocycles. The van der Waals surface area contributed by atoms with Crippen molar-refractivity contribution in [2.75, 3.05) is 19.6 Å². The van der Waals surface area contributed by atoms with E-state index in [9.17, 15) is 9.59 Å². The SMILES string of the molecule is O=C(O)c1ccc(CCNC(=O)N2CCC(Cc3ccccc3)CC2)cc1. The van der Waals surface area contributed by atoms with E-state index in [1.54, 1.807) is 24.3 Å². The largest absolute Gasteiger partial charge is 0.478 e. The zero-order chi connectivity index (χ0) is 19.1. The number of aromatic carboxylic acids is 1. The van der Waals surface area contributed by atoms with Crippen molar-refractivity contribution in [3.63, 3.8) is 0 Å². The highest BCUT2D eigenvalue weighted by molar-refractivity contribution is 5.87. The van der Waals surface area contributed by atoms with E-state index in [0.717, 1.165) is 37.9 Å². The van der Waals surface area contributed by atoms with Gasteiger partial charge in [0.25, 0.3) is 0 Å². The number of likely N-dealkylation sites (tertiary alicyclic amines) is 1. The summed E-state index contributed by atoms with van der Waals surface area (Å²) in [7, 11) is 0. The van der Waals surface area contributed by atoms with Crippen LogP contribution in [0.15, 0.2) is 54.6 Å². The van der Waals surface area contributed by atoms with E-state index in [4.69, 9.17) is 5.11 Å². The minimum absolute atomic E-state index is 0.00434. The first-order chi connectivity index (χ1) is 13.1. The van der Waals surface area contributed by atoms with Gasteiger partial charge in [0.15, 0.2) is 0 Å². The first kappa shape index (κ1) is 19.0. The summed E-state index contributed by atoms with van der Waals surface area (Å²) in [5, 5.41) is 11.9. The van der Waals surface area contributed by atoms with Crippen molar-refractivity contribution in [3.8, 4) is 0 Å². The summed E-state index contributed by atoms with van der Waals surface area (Å²) >= 11 is 0. The number of piperidine rings is 1. The van der Waals surface area contributed by atoms with Crippen molar-refractivity contribution in [1.29, 1.82) is 0 Å². The second-order valence-corrected chi connectivity index (χ2v) is 7.10. The number of urea groups is 1. The van der Waals surface area contributed by atoms with E-state index < -0.39 is 5.97 Å². The van der Waals surface area contributed by atoms with Gasteiger partial charge in [-0.3, -0.25) is 0 Å². The standard InChI is InChI=1S/C22H26N2O3/c25-21(26)20-8-6-17(7-9-20)10-13-23-22(27)24-14-11-19(12-15-24)16-18-4-2-1-3-5-18/h1-9,19H,10-16H2,(H,23,27)(H,25,26). The second kappa shape index (κ2) is 9.21. The maximum atomic E-state index is 12.3. The molecule has 27 heavy (non-hydrogen) atoms. The molecular formula is C22H26N2O3. The molecule has 3 rings (SSSR count). The number of carbonyl (C=O) groups is 2. The number of hydrogen-bond donors (Lipinski definition) is 2.